The fraction of sp³-hybridized carbons (Fsp3) is 0.281. The van der Waals surface area contributed by atoms with Crippen molar-refractivity contribution >= 4 is 42.9 Å². The highest BCUT2D eigenvalue weighted by molar-refractivity contribution is 7.86. The van der Waals surface area contributed by atoms with Gasteiger partial charge in [0.15, 0.2) is 5.75 Å². The lowest BCUT2D eigenvalue weighted by Crippen LogP contribution is -2.38. The van der Waals surface area contributed by atoms with Gasteiger partial charge < -0.3 is 14.4 Å². The zero-order valence-electron chi connectivity index (χ0n) is 24.3. The molecule has 1 aliphatic rings. The summed E-state index contributed by atoms with van der Waals surface area (Å²) in [4.78, 5) is 2.01. The van der Waals surface area contributed by atoms with Crippen LogP contribution in [0.3, 0.4) is 0 Å². The number of aromatic nitrogens is 1. The molecule has 1 aromatic heterocycles. The molecule has 4 aromatic rings. The minimum Gasteiger partial charge on any atom is -0.497 e. The average molecular weight is 640 g/mol. The van der Waals surface area contributed by atoms with Gasteiger partial charge >= 0.3 is 0 Å². The van der Waals surface area contributed by atoms with E-state index in [-0.39, 0.29) is 17.9 Å². The largest absolute Gasteiger partial charge is 0.497 e. The maximum Gasteiger partial charge on any atom is 0.264 e. The Hall–Kier alpha value is -3.97. The number of methoxy groups -OCH3 is 1. The summed E-state index contributed by atoms with van der Waals surface area (Å²) < 4.78 is 77.5. The Bertz CT molecular complexity index is 1890. The van der Waals surface area contributed by atoms with Gasteiger partial charge in [0.2, 0.25) is 17.1 Å². The van der Waals surface area contributed by atoms with Gasteiger partial charge in [-0.25, -0.2) is 0 Å². The predicted octanol–water partition coefficient (Wildman–Crippen LogP) is 5.34. The van der Waals surface area contributed by atoms with Gasteiger partial charge in [-0.15, -0.1) is 0 Å². The van der Waals surface area contributed by atoms with Crippen molar-refractivity contribution in [1.82, 2.24) is 0 Å². The summed E-state index contributed by atoms with van der Waals surface area (Å²) in [6.07, 6.45) is 3.48. The number of pyridine rings is 1. The number of unbranched alkanes of at least 4 members (excludes halogenated alkanes) is 2. The van der Waals surface area contributed by atoms with Crippen molar-refractivity contribution in [1.29, 1.82) is 0 Å². The fourth-order valence-corrected chi connectivity index (χ4v) is 6.44. The predicted molar refractivity (Wildman–Crippen MR) is 170 cm³/mol. The van der Waals surface area contributed by atoms with Gasteiger partial charge in [0.05, 0.1) is 35.8 Å². The molecule has 2 heterocycles. The van der Waals surface area contributed by atoms with Crippen LogP contribution in [-0.2, 0) is 26.8 Å². The van der Waals surface area contributed by atoms with Crippen LogP contribution in [0.15, 0.2) is 84.7 Å². The Balaban J connectivity index is 1.52. The second-order valence-corrected chi connectivity index (χ2v) is 13.7. The van der Waals surface area contributed by atoms with Crippen LogP contribution < -0.4 is 18.9 Å². The molecule has 0 amide bonds. The summed E-state index contributed by atoms with van der Waals surface area (Å²) in [5, 5.41) is 0.937. The van der Waals surface area contributed by atoms with Crippen molar-refractivity contribution in [2.24, 2.45) is 0 Å². The van der Waals surface area contributed by atoms with Crippen molar-refractivity contribution in [2.75, 3.05) is 30.1 Å². The van der Waals surface area contributed by atoms with E-state index in [1.165, 1.54) is 0 Å². The van der Waals surface area contributed by atoms with Crippen LogP contribution in [0.25, 0.3) is 28.1 Å². The van der Waals surface area contributed by atoms with Gasteiger partial charge in [0, 0.05) is 25.1 Å². The van der Waals surface area contributed by atoms with Crippen LogP contribution in [0.1, 0.15) is 31.4 Å². The molecule has 3 aromatic carbocycles. The van der Waals surface area contributed by atoms with Gasteiger partial charge in [0.25, 0.3) is 20.2 Å². The van der Waals surface area contributed by atoms with E-state index in [1.807, 2.05) is 89.8 Å². The molecule has 0 radical (unpaired) electrons. The van der Waals surface area contributed by atoms with Crippen molar-refractivity contribution in [3.8, 4) is 22.6 Å². The second-order valence-electron chi connectivity index (χ2n) is 10.6. The number of anilines is 1. The number of hydrogen-bond donors (Lipinski definition) is 2. The Morgan fingerprint density at radius 1 is 0.818 bits per heavy atom. The monoisotopic (exact) mass is 639 g/mol. The van der Waals surface area contributed by atoms with Crippen LogP contribution in [0.4, 0.5) is 5.69 Å². The molecule has 5 rings (SSSR count). The maximum atomic E-state index is 11.3. The zero-order valence-corrected chi connectivity index (χ0v) is 25.9. The lowest BCUT2D eigenvalue weighted by molar-refractivity contribution is -0.673. The number of fused-ring (bicyclic) bond motifs is 2. The summed E-state index contributed by atoms with van der Waals surface area (Å²) in [5.74, 6) is 1.28. The van der Waals surface area contributed by atoms with Crippen LogP contribution in [0.2, 0.25) is 0 Å². The standard InChI is InChI=1S/C32H34N2O8S2/c1-41-28-14-15-29-26(21-28)11-13-27(33(29)17-5-7-19-43(35,36)37)23-32-34(18-6-8-20-44(38,39)40)30-22-25(12-16-31(30)42-32)24-9-3-2-4-10-24/h2-4,9-16,21-23H,5-8,17-20H2,1H3,(H-,35,36,37,38,39,40)/p+1. The molecule has 44 heavy (non-hydrogen) atoms. The zero-order chi connectivity index (χ0) is 31.3. The Morgan fingerprint density at radius 3 is 2.25 bits per heavy atom. The van der Waals surface area contributed by atoms with Crippen molar-refractivity contribution < 1.29 is 40.0 Å². The Kier molecular flexibility index (Phi) is 9.54. The molecule has 0 unspecified atom stereocenters. The minimum atomic E-state index is -4.07. The fourth-order valence-electron chi connectivity index (χ4n) is 5.30. The summed E-state index contributed by atoms with van der Waals surface area (Å²) in [7, 11) is -6.52. The van der Waals surface area contributed by atoms with Crippen LogP contribution in [0.5, 0.6) is 11.5 Å². The Labute approximate surface area is 257 Å². The topological polar surface area (TPSA) is 134 Å². The van der Waals surface area contributed by atoms with Crippen LogP contribution in [0, 0.1) is 0 Å². The first kappa shape index (κ1) is 31.5. The van der Waals surface area contributed by atoms with E-state index >= 15 is 0 Å². The highest BCUT2D eigenvalue weighted by atomic mass is 32.2. The van der Waals surface area contributed by atoms with E-state index in [0.717, 1.165) is 33.4 Å². The average Bonchev–Trinajstić information content (AvgIpc) is 3.33. The van der Waals surface area contributed by atoms with Crippen LogP contribution >= 0.6 is 0 Å². The molecule has 0 saturated heterocycles. The molecule has 232 valence electrons. The first-order chi connectivity index (χ1) is 21.0. The van der Waals surface area contributed by atoms with Gasteiger partial charge in [-0.2, -0.15) is 21.4 Å². The molecule has 2 N–H and O–H groups in total. The van der Waals surface area contributed by atoms with E-state index in [9.17, 15) is 25.9 Å². The third-order valence-corrected chi connectivity index (χ3v) is 9.06. The van der Waals surface area contributed by atoms with E-state index in [4.69, 9.17) is 9.47 Å². The minimum absolute atomic E-state index is 0.280. The van der Waals surface area contributed by atoms with E-state index < -0.39 is 20.2 Å². The molecule has 0 fully saturated rings. The smallest absolute Gasteiger partial charge is 0.264 e. The number of benzene rings is 3. The molecule has 10 nitrogen and oxygen atoms in total. The highest BCUT2D eigenvalue weighted by Crippen LogP contribution is 2.42. The van der Waals surface area contributed by atoms with E-state index in [1.54, 1.807) is 7.11 Å². The molecule has 0 atom stereocenters. The van der Waals surface area contributed by atoms with E-state index in [2.05, 4.69) is 4.57 Å². The van der Waals surface area contributed by atoms with E-state index in [0.29, 0.717) is 49.7 Å². The number of hydrogen-bond acceptors (Lipinski definition) is 7. The normalized spacial score (nSPS) is 14.2. The molecule has 1 aliphatic heterocycles. The summed E-state index contributed by atoms with van der Waals surface area (Å²) in [6.45, 7) is 0.934. The molecule has 0 bridgehead atoms. The van der Waals surface area contributed by atoms with Gasteiger partial charge in [-0.1, -0.05) is 36.4 Å². The molecular weight excluding hydrogens is 604 g/mol. The Morgan fingerprint density at radius 2 is 1.55 bits per heavy atom. The highest BCUT2D eigenvalue weighted by Gasteiger charge is 2.28. The molecule has 0 aliphatic carbocycles. The number of nitrogens with zero attached hydrogens (tertiary/aromatic N) is 2. The summed E-state index contributed by atoms with van der Waals surface area (Å²) in [5.41, 5.74) is 4.62. The SMILES string of the molecule is COc1ccc2c(ccc(/C=C3\Oc4ccc(-c5ccccc5)cc4N3CCCCS(=O)(=O)O)[n+]2CCCCS(=O)(=O)O)c1. The van der Waals surface area contributed by atoms with Gasteiger partial charge in [0.1, 0.15) is 12.3 Å². The third kappa shape index (κ3) is 7.94. The number of aryl methyl sites for hydroxylation is 1. The molecule has 0 spiro atoms. The van der Waals surface area contributed by atoms with Crippen molar-refractivity contribution in [3.05, 3.63) is 90.4 Å². The lowest BCUT2D eigenvalue weighted by Gasteiger charge is -2.19. The van der Waals surface area contributed by atoms with Crippen molar-refractivity contribution in [2.45, 2.75) is 32.2 Å². The number of ether oxygens (including phenoxy) is 2. The molecular formula is C32H35N2O8S2+. The molecule has 0 saturated carbocycles. The van der Waals surface area contributed by atoms with Crippen LogP contribution in [-0.4, -0.2) is 51.1 Å². The third-order valence-electron chi connectivity index (χ3n) is 7.45. The first-order valence-electron chi connectivity index (χ1n) is 14.3. The van der Waals surface area contributed by atoms with Crippen molar-refractivity contribution in [3.63, 3.8) is 0 Å². The quantitative estimate of drug-likeness (QED) is 0.113. The first-order valence-corrected chi connectivity index (χ1v) is 17.5. The second kappa shape index (κ2) is 13.3. The van der Waals surface area contributed by atoms with Gasteiger partial charge in [-0.05, 0) is 60.7 Å². The number of rotatable bonds is 13. The maximum absolute atomic E-state index is 11.3. The van der Waals surface area contributed by atoms with Gasteiger partial charge in [-0.3, -0.25) is 9.11 Å². The summed E-state index contributed by atoms with van der Waals surface area (Å²) >= 11 is 0. The molecule has 12 heteroatoms. The lowest BCUT2D eigenvalue weighted by atomic mass is 10.0. The summed E-state index contributed by atoms with van der Waals surface area (Å²) in [6, 6.07) is 25.6.